The molecule has 0 unspecified atom stereocenters. The first-order valence-corrected chi connectivity index (χ1v) is 4.38. The summed E-state index contributed by atoms with van der Waals surface area (Å²) in [5.41, 5.74) is 0.486. The lowest BCUT2D eigenvalue weighted by Crippen LogP contribution is -1.90. The van der Waals surface area contributed by atoms with Crippen LogP contribution in [0.25, 0.3) is 6.08 Å². The Hall–Kier alpha value is -1.02. The molecule has 1 nitrogen and oxygen atoms in total. The summed E-state index contributed by atoms with van der Waals surface area (Å²) < 4.78 is 18.2. The van der Waals surface area contributed by atoms with Gasteiger partial charge in [0.05, 0.1) is 7.11 Å². The fourth-order valence-corrected chi connectivity index (χ4v) is 1.07. The number of hydrogen-bond acceptors (Lipinski definition) is 1. The van der Waals surface area contributed by atoms with Crippen LogP contribution in [0.4, 0.5) is 4.39 Å². The molecule has 3 heteroatoms. The van der Waals surface area contributed by atoms with Crippen LogP contribution in [-0.4, -0.2) is 13.0 Å². The maximum atomic E-state index is 13.4. The molecule has 0 N–H and O–H groups in total. The first-order chi connectivity index (χ1) is 6.29. The molecule has 0 fully saturated rings. The number of alkyl halides is 1. The maximum absolute atomic E-state index is 13.4. The largest absolute Gasteiger partial charge is 0.494 e. The SMILES string of the molecule is COc1cccc(C=CCCl)c1F. The van der Waals surface area contributed by atoms with Gasteiger partial charge in [-0.1, -0.05) is 24.3 Å². The van der Waals surface area contributed by atoms with Gasteiger partial charge in [0.2, 0.25) is 0 Å². The first kappa shape index (κ1) is 10.1. The Morgan fingerprint density at radius 1 is 1.54 bits per heavy atom. The smallest absolute Gasteiger partial charge is 0.172 e. The summed E-state index contributed by atoms with van der Waals surface area (Å²) in [6.45, 7) is 0. The molecule has 0 amide bonds. The summed E-state index contributed by atoms with van der Waals surface area (Å²) in [5.74, 6) is 0.263. The molecule has 70 valence electrons. The summed E-state index contributed by atoms with van der Waals surface area (Å²) in [6.07, 6.45) is 3.31. The van der Waals surface area contributed by atoms with E-state index in [1.807, 2.05) is 0 Å². The van der Waals surface area contributed by atoms with Crippen molar-refractivity contribution in [2.75, 3.05) is 13.0 Å². The van der Waals surface area contributed by atoms with E-state index in [0.29, 0.717) is 11.4 Å². The van der Waals surface area contributed by atoms with E-state index in [1.165, 1.54) is 7.11 Å². The van der Waals surface area contributed by atoms with E-state index in [-0.39, 0.29) is 11.6 Å². The van der Waals surface area contributed by atoms with Gasteiger partial charge in [0, 0.05) is 11.4 Å². The highest BCUT2D eigenvalue weighted by atomic mass is 35.5. The second-order valence-corrected chi connectivity index (χ2v) is 2.73. The van der Waals surface area contributed by atoms with Gasteiger partial charge in [-0.15, -0.1) is 11.6 Å². The van der Waals surface area contributed by atoms with Crippen molar-refractivity contribution in [1.29, 1.82) is 0 Å². The Kier molecular flexibility index (Phi) is 3.77. The number of allylic oxidation sites excluding steroid dienone is 1. The van der Waals surface area contributed by atoms with Crippen molar-refractivity contribution in [1.82, 2.24) is 0 Å². The van der Waals surface area contributed by atoms with Gasteiger partial charge in [0.25, 0.3) is 0 Å². The zero-order valence-electron chi connectivity index (χ0n) is 7.26. The minimum absolute atomic E-state index is 0.247. The minimum Gasteiger partial charge on any atom is -0.494 e. The van der Waals surface area contributed by atoms with Crippen LogP contribution >= 0.6 is 11.6 Å². The van der Waals surface area contributed by atoms with Gasteiger partial charge in [0.1, 0.15) is 0 Å². The van der Waals surface area contributed by atoms with E-state index in [2.05, 4.69) is 0 Å². The van der Waals surface area contributed by atoms with Crippen molar-refractivity contribution < 1.29 is 9.13 Å². The highest BCUT2D eigenvalue weighted by Gasteiger charge is 2.04. The highest BCUT2D eigenvalue weighted by Crippen LogP contribution is 2.20. The number of benzene rings is 1. The fraction of sp³-hybridized carbons (Fsp3) is 0.200. The number of hydrogen-bond donors (Lipinski definition) is 0. The second-order valence-electron chi connectivity index (χ2n) is 2.42. The quantitative estimate of drug-likeness (QED) is 0.682. The van der Waals surface area contributed by atoms with Gasteiger partial charge in [-0.25, -0.2) is 4.39 Å². The van der Waals surface area contributed by atoms with Crippen LogP contribution in [-0.2, 0) is 0 Å². The molecule has 0 aromatic heterocycles. The third kappa shape index (κ3) is 2.46. The molecule has 0 aliphatic carbocycles. The van der Waals surface area contributed by atoms with Gasteiger partial charge < -0.3 is 4.74 Å². The number of ether oxygens (including phenoxy) is 1. The van der Waals surface area contributed by atoms with Crippen LogP contribution in [0.3, 0.4) is 0 Å². The molecule has 0 radical (unpaired) electrons. The normalized spacial score (nSPS) is 10.7. The van der Waals surface area contributed by atoms with Gasteiger partial charge in [-0.05, 0) is 6.07 Å². The molecule has 0 saturated carbocycles. The predicted molar refractivity (Wildman–Crippen MR) is 52.7 cm³/mol. The van der Waals surface area contributed by atoms with Crippen LogP contribution in [0.2, 0.25) is 0 Å². The van der Waals surface area contributed by atoms with Gasteiger partial charge in [-0.3, -0.25) is 0 Å². The fourth-order valence-electron chi connectivity index (χ4n) is 0.986. The van der Waals surface area contributed by atoms with Crippen LogP contribution in [0.15, 0.2) is 24.3 Å². The Bertz CT molecular complexity index is 310. The summed E-state index contributed by atoms with van der Waals surface area (Å²) >= 11 is 5.44. The number of halogens is 2. The Labute approximate surface area is 81.8 Å². The van der Waals surface area contributed by atoms with Crippen molar-refractivity contribution in [3.05, 3.63) is 35.7 Å². The zero-order valence-corrected chi connectivity index (χ0v) is 8.01. The topological polar surface area (TPSA) is 9.23 Å². The van der Waals surface area contributed by atoms with E-state index in [1.54, 1.807) is 30.4 Å². The molecule has 0 aliphatic heterocycles. The van der Waals surface area contributed by atoms with Crippen molar-refractivity contribution >= 4 is 17.7 Å². The summed E-state index contributed by atoms with van der Waals surface area (Å²) in [6, 6.07) is 4.98. The number of methoxy groups -OCH3 is 1. The van der Waals surface area contributed by atoms with Crippen LogP contribution < -0.4 is 4.74 Å². The standard InChI is InChI=1S/C10H10ClFO/c1-13-9-6-2-4-8(10(9)12)5-3-7-11/h2-6H,7H2,1H3. The Morgan fingerprint density at radius 3 is 2.92 bits per heavy atom. The second kappa shape index (κ2) is 4.87. The Balaban J connectivity index is 3.01. The third-order valence-corrected chi connectivity index (χ3v) is 1.78. The molecule has 0 bridgehead atoms. The highest BCUT2D eigenvalue weighted by molar-refractivity contribution is 6.19. The Morgan fingerprint density at radius 2 is 2.31 bits per heavy atom. The molecule has 0 atom stereocenters. The van der Waals surface area contributed by atoms with Crippen molar-refractivity contribution in [2.24, 2.45) is 0 Å². The lowest BCUT2D eigenvalue weighted by molar-refractivity contribution is 0.386. The molecule has 0 heterocycles. The van der Waals surface area contributed by atoms with Gasteiger partial charge in [0.15, 0.2) is 11.6 Å². The van der Waals surface area contributed by atoms with Crippen molar-refractivity contribution in [3.8, 4) is 5.75 Å². The minimum atomic E-state index is -0.355. The van der Waals surface area contributed by atoms with E-state index < -0.39 is 0 Å². The number of rotatable bonds is 3. The summed E-state index contributed by atoms with van der Waals surface area (Å²) in [7, 11) is 1.44. The molecule has 0 spiro atoms. The lowest BCUT2D eigenvalue weighted by atomic mass is 10.2. The monoisotopic (exact) mass is 200 g/mol. The average Bonchev–Trinajstić information content (AvgIpc) is 2.16. The van der Waals surface area contributed by atoms with Crippen molar-refractivity contribution in [3.63, 3.8) is 0 Å². The molecular weight excluding hydrogens is 191 g/mol. The molecule has 1 aromatic carbocycles. The average molecular weight is 201 g/mol. The molecular formula is C10H10ClFO. The molecule has 1 aromatic rings. The van der Waals surface area contributed by atoms with Gasteiger partial charge in [-0.2, -0.15) is 0 Å². The maximum Gasteiger partial charge on any atom is 0.172 e. The van der Waals surface area contributed by atoms with Crippen LogP contribution in [0.5, 0.6) is 5.75 Å². The molecule has 0 saturated heterocycles. The lowest BCUT2D eigenvalue weighted by Gasteiger charge is -2.02. The van der Waals surface area contributed by atoms with Crippen LogP contribution in [0, 0.1) is 5.82 Å². The van der Waals surface area contributed by atoms with Gasteiger partial charge >= 0.3 is 0 Å². The van der Waals surface area contributed by atoms with E-state index in [9.17, 15) is 4.39 Å². The van der Waals surface area contributed by atoms with Crippen molar-refractivity contribution in [2.45, 2.75) is 0 Å². The predicted octanol–water partition coefficient (Wildman–Crippen LogP) is 3.09. The molecule has 0 aliphatic rings. The molecule has 13 heavy (non-hydrogen) atoms. The third-order valence-electron chi connectivity index (χ3n) is 1.60. The van der Waals surface area contributed by atoms with E-state index in [4.69, 9.17) is 16.3 Å². The van der Waals surface area contributed by atoms with E-state index >= 15 is 0 Å². The zero-order chi connectivity index (χ0) is 9.68. The van der Waals surface area contributed by atoms with Crippen LogP contribution in [0.1, 0.15) is 5.56 Å². The molecule has 1 rings (SSSR count). The summed E-state index contributed by atoms with van der Waals surface area (Å²) in [5, 5.41) is 0. The summed E-state index contributed by atoms with van der Waals surface area (Å²) in [4.78, 5) is 0. The first-order valence-electron chi connectivity index (χ1n) is 3.84. The van der Waals surface area contributed by atoms with E-state index in [0.717, 1.165) is 0 Å².